The number of piperazine rings is 1. The number of hydrogen-bond acceptors (Lipinski definition) is 3. The van der Waals surface area contributed by atoms with Gasteiger partial charge in [-0.2, -0.15) is 0 Å². The highest BCUT2D eigenvalue weighted by molar-refractivity contribution is 9.10. The van der Waals surface area contributed by atoms with E-state index >= 15 is 0 Å². The van der Waals surface area contributed by atoms with Crippen molar-refractivity contribution in [3.8, 4) is 0 Å². The van der Waals surface area contributed by atoms with Gasteiger partial charge in [0.15, 0.2) is 0 Å². The normalized spacial score (nSPS) is 15.4. The molecule has 0 unspecified atom stereocenters. The molecule has 3 rings (SSSR count). The standard InChI is InChI=1S/C18H19BrFN3O/c1-22-8-10-23(11-9-22)17-5-3-2-4-16(17)21-18(24)14-7-6-13(19)12-15(14)20/h2-7,12H,8-11H2,1H3,(H,21,24). The SMILES string of the molecule is CN1CCN(c2ccccc2NC(=O)c2ccc(Br)cc2F)CC1. The lowest BCUT2D eigenvalue weighted by Gasteiger charge is -2.35. The topological polar surface area (TPSA) is 35.6 Å². The van der Waals surface area contributed by atoms with Crippen molar-refractivity contribution >= 4 is 33.2 Å². The van der Waals surface area contributed by atoms with E-state index in [1.807, 2.05) is 24.3 Å². The highest BCUT2D eigenvalue weighted by atomic mass is 79.9. The van der Waals surface area contributed by atoms with Gasteiger partial charge in [0.2, 0.25) is 0 Å². The van der Waals surface area contributed by atoms with Crippen molar-refractivity contribution in [3.05, 3.63) is 58.3 Å². The van der Waals surface area contributed by atoms with E-state index in [0.29, 0.717) is 10.2 Å². The Kier molecular flexibility index (Phi) is 5.16. The largest absolute Gasteiger partial charge is 0.367 e. The fourth-order valence-electron chi connectivity index (χ4n) is 2.77. The molecule has 0 radical (unpaired) electrons. The van der Waals surface area contributed by atoms with Crippen molar-refractivity contribution in [1.29, 1.82) is 0 Å². The van der Waals surface area contributed by atoms with Crippen LogP contribution < -0.4 is 10.2 Å². The number of rotatable bonds is 3. The van der Waals surface area contributed by atoms with E-state index in [9.17, 15) is 9.18 Å². The van der Waals surface area contributed by atoms with Crippen LogP contribution in [0.1, 0.15) is 10.4 Å². The fourth-order valence-corrected chi connectivity index (χ4v) is 3.10. The second-order valence-corrected chi connectivity index (χ2v) is 6.80. The zero-order valence-electron chi connectivity index (χ0n) is 13.4. The average molecular weight is 392 g/mol. The van der Waals surface area contributed by atoms with E-state index in [4.69, 9.17) is 0 Å². The minimum Gasteiger partial charge on any atom is -0.367 e. The summed E-state index contributed by atoms with van der Waals surface area (Å²) in [6, 6.07) is 12.1. The maximum Gasteiger partial charge on any atom is 0.258 e. The number of amides is 1. The van der Waals surface area contributed by atoms with Gasteiger partial charge in [-0.25, -0.2) is 4.39 Å². The monoisotopic (exact) mass is 391 g/mol. The molecule has 126 valence electrons. The Labute approximate surface area is 149 Å². The minimum absolute atomic E-state index is 0.0337. The Balaban J connectivity index is 1.81. The molecule has 1 amide bonds. The molecule has 0 bridgehead atoms. The number of carbonyl (C=O) groups excluding carboxylic acids is 1. The van der Waals surface area contributed by atoms with Crippen molar-refractivity contribution in [2.45, 2.75) is 0 Å². The summed E-state index contributed by atoms with van der Waals surface area (Å²) in [6.07, 6.45) is 0. The number of nitrogens with zero attached hydrogens (tertiary/aromatic N) is 2. The molecule has 2 aromatic carbocycles. The molecule has 24 heavy (non-hydrogen) atoms. The van der Waals surface area contributed by atoms with Crippen LogP contribution in [0.3, 0.4) is 0 Å². The first kappa shape index (κ1) is 16.9. The number of para-hydroxylation sites is 2. The van der Waals surface area contributed by atoms with Gasteiger partial charge in [-0.1, -0.05) is 28.1 Å². The van der Waals surface area contributed by atoms with E-state index in [0.717, 1.165) is 31.9 Å². The molecule has 1 saturated heterocycles. The van der Waals surface area contributed by atoms with Crippen LogP contribution in [-0.2, 0) is 0 Å². The Morgan fingerprint density at radius 2 is 1.83 bits per heavy atom. The molecule has 0 saturated carbocycles. The van der Waals surface area contributed by atoms with E-state index in [1.54, 1.807) is 6.07 Å². The number of hydrogen-bond donors (Lipinski definition) is 1. The summed E-state index contributed by atoms with van der Waals surface area (Å²) in [5.41, 5.74) is 1.71. The lowest BCUT2D eigenvalue weighted by atomic mass is 10.1. The Morgan fingerprint density at radius 1 is 1.12 bits per heavy atom. The van der Waals surface area contributed by atoms with Crippen molar-refractivity contribution in [3.63, 3.8) is 0 Å². The molecule has 1 heterocycles. The zero-order chi connectivity index (χ0) is 17.1. The van der Waals surface area contributed by atoms with E-state index in [1.165, 1.54) is 12.1 Å². The lowest BCUT2D eigenvalue weighted by molar-refractivity contribution is 0.102. The van der Waals surface area contributed by atoms with E-state index in [-0.39, 0.29) is 5.56 Å². The summed E-state index contributed by atoms with van der Waals surface area (Å²) < 4.78 is 14.6. The van der Waals surface area contributed by atoms with Crippen molar-refractivity contribution in [2.24, 2.45) is 0 Å². The lowest BCUT2D eigenvalue weighted by Crippen LogP contribution is -2.44. The maximum atomic E-state index is 14.0. The fraction of sp³-hybridized carbons (Fsp3) is 0.278. The summed E-state index contributed by atoms with van der Waals surface area (Å²) >= 11 is 3.20. The summed E-state index contributed by atoms with van der Waals surface area (Å²) in [6.45, 7) is 3.75. The molecular formula is C18H19BrFN3O. The van der Waals surface area contributed by atoms with Crippen LogP contribution in [0.15, 0.2) is 46.9 Å². The Morgan fingerprint density at radius 3 is 2.54 bits per heavy atom. The Bertz CT molecular complexity index is 745. The molecule has 1 N–H and O–H groups in total. The van der Waals surface area contributed by atoms with Crippen LogP contribution in [0.25, 0.3) is 0 Å². The molecule has 0 aliphatic carbocycles. The number of benzene rings is 2. The highest BCUT2D eigenvalue weighted by Crippen LogP contribution is 2.27. The minimum atomic E-state index is -0.543. The first-order valence-electron chi connectivity index (χ1n) is 7.83. The number of carbonyl (C=O) groups is 1. The van der Waals surface area contributed by atoms with Crippen LogP contribution in [0.5, 0.6) is 0 Å². The third-order valence-electron chi connectivity index (χ3n) is 4.17. The second kappa shape index (κ2) is 7.32. The van der Waals surface area contributed by atoms with Crippen LogP contribution in [0.4, 0.5) is 15.8 Å². The summed E-state index contributed by atoms with van der Waals surface area (Å²) in [5.74, 6) is -0.986. The van der Waals surface area contributed by atoms with Gasteiger partial charge in [-0.15, -0.1) is 0 Å². The van der Waals surface area contributed by atoms with Crippen molar-refractivity contribution in [1.82, 2.24) is 4.90 Å². The smallest absolute Gasteiger partial charge is 0.258 e. The van der Waals surface area contributed by atoms with Gasteiger partial charge in [-0.3, -0.25) is 4.79 Å². The number of nitrogens with one attached hydrogen (secondary N) is 1. The van der Waals surface area contributed by atoms with Gasteiger partial charge in [-0.05, 0) is 37.4 Å². The van der Waals surface area contributed by atoms with Crippen LogP contribution in [0.2, 0.25) is 0 Å². The van der Waals surface area contributed by atoms with Crippen molar-refractivity contribution < 1.29 is 9.18 Å². The zero-order valence-corrected chi connectivity index (χ0v) is 15.0. The molecule has 0 spiro atoms. The first-order valence-corrected chi connectivity index (χ1v) is 8.63. The highest BCUT2D eigenvalue weighted by Gasteiger charge is 2.19. The number of halogens is 2. The number of anilines is 2. The Hall–Kier alpha value is -1.92. The maximum absolute atomic E-state index is 14.0. The quantitative estimate of drug-likeness (QED) is 0.867. The predicted octanol–water partition coefficient (Wildman–Crippen LogP) is 3.59. The molecule has 0 atom stereocenters. The van der Waals surface area contributed by atoms with E-state index < -0.39 is 11.7 Å². The first-order chi connectivity index (χ1) is 11.5. The van der Waals surface area contributed by atoms with Crippen molar-refractivity contribution in [2.75, 3.05) is 43.4 Å². The van der Waals surface area contributed by atoms with Gasteiger partial charge in [0.1, 0.15) is 5.82 Å². The molecule has 1 aliphatic heterocycles. The van der Waals surface area contributed by atoms with Gasteiger partial charge >= 0.3 is 0 Å². The molecule has 1 aliphatic rings. The van der Waals surface area contributed by atoms with Crippen LogP contribution in [0, 0.1) is 5.82 Å². The number of likely N-dealkylation sites (N-methyl/N-ethyl adjacent to an activating group) is 1. The summed E-state index contributed by atoms with van der Waals surface area (Å²) in [5, 5.41) is 2.85. The molecule has 0 aromatic heterocycles. The second-order valence-electron chi connectivity index (χ2n) is 5.89. The van der Waals surface area contributed by atoms with Gasteiger partial charge in [0, 0.05) is 30.7 Å². The molecular weight excluding hydrogens is 373 g/mol. The average Bonchev–Trinajstić information content (AvgIpc) is 2.56. The van der Waals surface area contributed by atoms with Gasteiger partial charge in [0.05, 0.1) is 16.9 Å². The van der Waals surface area contributed by atoms with Crippen LogP contribution >= 0.6 is 15.9 Å². The molecule has 4 nitrogen and oxygen atoms in total. The van der Waals surface area contributed by atoms with E-state index in [2.05, 4.69) is 38.1 Å². The van der Waals surface area contributed by atoms with Crippen LogP contribution in [-0.4, -0.2) is 44.0 Å². The van der Waals surface area contributed by atoms with Gasteiger partial charge < -0.3 is 15.1 Å². The molecule has 2 aromatic rings. The third-order valence-corrected chi connectivity index (χ3v) is 4.67. The summed E-state index contributed by atoms with van der Waals surface area (Å²) in [7, 11) is 2.10. The van der Waals surface area contributed by atoms with Gasteiger partial charge in [0.25, 0.3) is 5.91 Å². The molecule has 1 fully saturated rings. The predicted molar refractivity (Wildman–Crippen MR) is 98.2 cm³/mol. The summed E-state index contributed by atoms with van der Waals surface area (Å²) in [4.78, 5) is 17.0. The third kappa shape index (κ3) is 3.76. The molecule has 6 heteroatoms.